The molecule has 3 heterocycles. The molecule has 8 heteroatoms. The first-order chi connectivity index (χ1) is 19.5. The molecule has 1 aliphatic rings. The minimum atomic E-state index is -0.221. The number of hydrogen-bond donors (Lipinski definition) is 1. The Bertz CT molecular complexity index is 1700. The van der Waals surface area contributed by atoms with Gasteiger partial charge in [-0.25, -0.2) is 0 Å². The van der Waals surface area contributed by atoms with E-state index in [9.17, 15) is 4.79 Å². The summed E-state index contributed by atoms with van der Waals surface area (Å²) >= 11 is 12.4. The predicted molar refractivity (Wildman–Crippen MR) is 161 cm³/mol. The number of hydrogen-bond acceptors (Lipinski definition) is 3. The smallest absolute Gasteiger partial charge is 0.273 e. The lowest BCUT2D eigenvalue weighted by Gasteiger charge is -2.11. The van der Waals surface area contributed by atoms with E-state index < -0.39 is 0 Å². The van der Waals surface area contributed by atoms with Crippen LogP contribution in [0.25, 0.3) is 28.0 Å². The fourth-order valence-electron chi connectivity index (χ4n) is 5.56. The van der Waals surface area contributed by atoms with Crippen LogP contribution in [-0.4, -0.2) is 28.6 Å². The van der Waals surface area contributed by atoms with Gasteiger partial charge in [0.05, 0.1) is 29.5 Å². The Kier molecular flexibility index (Phi) is 7.22. The van der Waals surface area contributed by atoms with Gasteiger partial charge in [0.2, 0.25) is 0 Å². The zero-order valence-electron chi connectivity index (χ0n) is 22.3. The van der Waals surface area contributed by atoms with E-state index in [1.807, 2.05) is 43.3 Å². The van der Waals surface area contributed by atoms with E-state index in [0.29, 0.717) is 28.0 Å². The number of methoxy groups -OCH3 is 1. The number of anilines is 1. The molecule has 3 aromatic carbocycles. The first-order valence-electron chi connectivity index (χ1n) is 13.4. The zero-order valence-corrected chi connectivity index (χ0v) is 23.9. The minimum Gasteiger partial charge on any atom is -0.497 e. The van der Waals surface area contributed by atoms with Crippen molar-refractivity contribution in [1.82, 2.24) is 8.97 Å². The largest absolute Gasteiger partial charge is 0.497 e. The number of halogens is 2. The molecule has 6 rings (SSSR count). The molecule has 40 heavy (non-hydrogen) atoms. The Morgan fingerprint density at radius 2 is 1.65 bits per heavy atom. The van der Waals surface area contributed by atoms with Crippen molar-refractivity contribution >= 4 is 40.4 Å². The molecule has 0 fully saturated rings. The van der Waals surface area contributed by atoms with Crippen LogP contribution in [0.4, 0.5) is 5.69 Å². The van der Waals surface area contributed by atoms with Crippen molar-refractivity contribution < 1.29 is 14.3 Å². The Hall–Kier alpha value is -3.87. The molecule has 1 N–H and O–H groups in total. The maximum absolute atomic E-state index is 14.1. The molecular weight excluding hydrogens is 545 g/mol. The van der Waals surface area contributed by atoms with E-state index in [1.165, 1.54) is 5.56 Å². The molecule has 1 aliphatic heterocycles. The number of amides is 1. The van der Waals surface area contributed by atoms with Crippen molar-refractivity contribution in [2.45, 2.75) is 32.7 Å². The van der Waals surface area contributed by atoms with Gasteiger partial charge < -0.3 is 19.4 Å². The number of aryl methyl sites for hydroxylation is 2. The van der Waals surface area contributed by atoms with Gasteiger partial charge in [-0.1, -0.05) is 35.3 Å². The quantitative estimate of drug-likeness (QED) is 0.213. The average molecular weight is 575 g/mol. The van der Waals surface area contributed by atoms with Crippen LogP contribution in [0.1, 0.15) is 35.8 Å². The Morgan fingerprint density at radius 1 is 0.925 bits per heavy atom. The Balaban J connectivity index is 1.55. The Morgan fingerprint density at radius 3 is 2.35 bits per heavy atom. The molecule has 5 aromatic rings. The third kappa shape index (κ3) is 4.72. The van der Waals surface area contributed by atoms with E-state index in [1.54, 1.807) is 25.3 Å². The number of imidazole rings is 1. The van der Waals surface area contributed by atoms with E-state index in [2.05, 4.69) is 32.6 Å². The Labute approximate surface area is 243 Å². The third-order valence-corrected chi connectivity index (χ3v) is 8.11. The summed E-state index contributed by atoms with van der Waals surface area (Å²) in [6.07, 6.45) is 5.03. The van der Waals surface area contributed by atoms with Crippen LogP contribution >= 0.6 is 23.2 Å². The van der Waals surface area contributed by atoms with Gasteiger partial charge in [0.15, 0.2) is 0 Å². The summed E-state index contributed by atoms with van der Waals surface area (Å²) in [5, 5.41) is 3.88. The number of ether oxygens (including phenoxy) is 2. The standard InChI is InChI=1S/C32H29Cl2N3O3/c1-3-40-24-14-7-20(8-15-24)28-19-37-30(31(38)35-22-11-16-26(33)27(34)18-22)29(21-9-12-23(39-2)13-10-21)25-6-4-5-17-36(28)32(25)37/h7-16,18-19H,3-6,17H2,1-2H3,(H,35,38). The zero-order chi connectivity index (χ0) is 27.8. The highest BCUT2D eigenvalue weighted by molar-refractivity contribution is 6.42. The fourth-order valence-corrected chi connectivity index (χ4v) is 5.86. The molecule has 0 radical (unpaired) electrons. The van der Waals surface area contributed by atoms with Gasteiger partial charge in [-0.2, -0.15) is 0 Å². The predicted octanol–water partition coefficient (Wildman–Crippen LogP) is 8.38. The maximum atomic E-state index is 14.1. The molecule has 6 nitrogen and oxygen atoms in total. The fraction of sp³-hybridized carbons (Fsp3) is 0.219. The molecular formula is C32H29Cl2N3O3. The van der Waals surface area contributed by atoms with Crippen molar-refractivity contribution in [2.75, 3.05) is 19.0 Å². The molecule has 1 amide bonds. The van der Waals surface area contributed by atoms with Crippen LogP contribution in [0.5, 0.6) is 11.5 Å². The molecule has 0 spiro atoms. The van der Waals surface area contributed by atoms with Crippen LogP contribution < -0.4 is 14.8 Å². The molecule has 204 valence electrons. The minimum absolute atomic E-state index is 0.221. The lowest BCUT2D eigenvalue weighted by molar-refractivity contribution is 0.102. The number of rotatable bonds is 7. The number of aromatic nitrogens is 2. The molecule has 0 unspecified atom stereocenters. The summed E-state index contributed by atoms with van der Waals surface area (Å²) in [7, 11) is 1.65. The van der Waals surface area contributed by atoms with Crippen molar-refractivity contribution in [3.63, 3.8) is 0 Å². The van der Waals surface area contributed by atoms with Gasteiger partial charge in [-0.15, -0.1) is 0 Å². The molecule has 0 saturated heterocycles. The SMILES string of the molecule is CCOc1ccc(-c2cn3c(C(=O)Nc4ccc(Cl)c(Cl)c4)c(-c4ccc(OC)cc4)c4c3n2CCCC4)cc1. The first kappa shape index (κ1) is 26.4. The number of carbonyl (C=O) groups excluding carboxylic acids is 1. The molecule has 2 aromatic heterocycles. The number of nitrogens with one attached hydrogen (secondary N) is 1. The van der Waals surface area contributed by atoms with Crippen LogP contribution in [0, 0.1) is 0 Å². The highest BCUT2D eigenvalue weighted by atomic mass is 35.5. The highest BCUT2D eigenvalue weighted by Gasteiger charge is 2.29. The number of benzene rings is 3. The van der Waals surface area contributed by atoms with E-state index in [0.717, 1.165) is 65.3 Å². The van der Waals surface area contributed by atoms with Crippen molar-refractivity contribution in [1.29, 1.82) is 0 Å². The van der Waals surface area contributed by atoms with Gasteiger partial charge in [-0.3, -0.25) is 9.20 Å². The molecule has 0 atom stereocenters. The number of carbonyl (C=O) groups is 1. The molecule has 0 aliphatic carbocycles. The third-order valence-electron chi connectivity index (χ3n) is 7.37. The van der Waals surface area contributed by atoms with Gasteiger partial charge >= 0.3 is 0 Å². The van der Waals surface area contributed by atoms with Gasteiger partial charge in [0.1, 0.15) is 22.8 Å². The van der Waals surface area contributed by atoms with Crippen LogP contribution in [0.2, 0.25) is 10.0 Å². The van der Waals surface area contributed by atoms with Gasteiger partial charge in [0, 0.05) is 29.6 Å². The second-order valence-corrected chi connectivity index (χ2v) is 10.6. The second-order valence-electron chi connectivity index (χ2n) is 9.79. The first-order valence-corrected chi connectivity index (χ1v) is 14.1. The van der Waals surface area contributed by atoms with E-state index in [-0.39, 0.29) is 5.91 Å². The summed E-state index contributed by atoms with van der Waals surface area (Å²) in [5.74, 6) is 1.38. The maximum Gasteiger partial charge on any atom is 0.273 e. The summed E-state index contributed by atoms with van der Waals surface area (Å²) in [5.41, 5.74) is 7.40. The monoisotopic (exact) mass is 573 g/mol. The van der Waals surface area contributed by atoms with Crippen molar-refractivity contribution in [3.05, 3.63) is 94.2 Å². The summed E-state index contributed by atoms with van der Waals surface area (Å²) in [6, 6.07) is 21.1. The average Bonchev–Trinajstić information content (AvgIpc) is 3.38. The molecule has 0 bridgehead atoms. The van der Waals surface area contributed by atoms with Gasteiger partial charge in [0.25, 0.3) is 5.91 Å². The van der Waals surface area contributed by atoms with Gasteiger partial charge in [-0.05, 0) is 91.9 Å². The topological polar surface area (TPSA) is 56.9 Å². The van der Waals surface area contributed by atoms with Crippen LogP contribution in [0.3, 0.4) is 0 Å². The van der Waals surface area contributed by atoms with Crippen molar-refractivity contribution in [2.24, 2.45) is 0 Å². The lowest BCUT2D eigenvalue weighted by atomic mass is 9.97. The van der Waals surface area contributed by atoms with E-state index in [4.69, 9.17) is 32.7 Å². The van der Waals surface area contributed by atoms with Crippen LogP contribution in [-0.2, 0) is 13.0 Å². The second kappa shape index (κ2) is 11.0. The summed E-state index contributed by atoms with van der Waals surface area (Å²) in [4.78, 5) is 14.1. The van der Waals surface area contributed by atoms with Crippen LogP contribution in [0.15, 0.2) is 72.9 Å². The molecule has 0 saturated carbocycles. The summed E-state index contributed by atoms with van der Waals surface area (Å²) in [6.45, 7) is 3.46. The summed E-state index contributed by atoms with van der Waals surface area (Å²) < 4.78 is 15.5. The highest BCUT2D eigenvalue weighted by Crippen LogP contribution is 2.40. The van der Waals surface area contributed by atoms with Crippen molar-refractivity contribution in [3.8, 4) is 33.9 Å². The lowest BCUT2D eigenvalue weighted by Crippen LogP contribution is -2.15. The van der Waals surface area contributed by atoms with E-state index >= 15 is 0 Å². The normalized spacial score (nSPS) is 12.8. The number of nitrogens with zero attached hydrogens (tertiary/aromatic N) is 2.